The zero-order valence-corrected chi connectivity index (χ0v) is 7.89. The number of aryl methyl sites for hydroxylation is 1. The van der Waals surface area contributed by atoms with Gasteiger partial charge < -0.3 is 5.32 Å². The molecule has 72 valence electrons. The van der Waals surface area contributed by atoms with Crippen LogP contribution < -0.4 is 5.32 Å². The molecule has 3 heteroatoms. The maximum atomic E-state index is 11.7. The molecular weight excluding hydrogens is 167 g/mol. The molecular formula is C10H15FN2. The van der Waals surface area contributed by atoms with E-state index in [-0.39, 0.29) is 6.67 Å². The molecule has 1 heterocycles. The highest BCUT2D eigenvalue weighted by Gasteiger charge is 1.95. The molecule has 0 spiro atoms. The number of aromatic nitrogens is 1. The van der Waals surface area contributed by atoms with Crippen LogP contribution in [0.4, 0.5) is 4.39 Å². The number of halogens is 1. The molecule has 13 heavy (non-hydrogen) atoms. The lowest BCUT2D eigenvalue weighted by molar-refractivity contribution is 0.459. The standard InChI is InChI=1S/C10H15FN2/c1-9-7-13-6-3-10(9)8-12-5-2-4-11/h3,6-7,12H,2,4-5,8H2,1H3. The van der Waals surface area contributed by atoms with Gasteiger partial charge in [-0.15, -0.1) is 0 Å². The van der Waals surface area contributed by atoms with Crippen LogP contribution in [0.1, 0.15) is 17.5 Å². The van der Waals surface area contributed by atoms with Gasteiger partial charge in [-0.1, -0.05) is 0 Å². The van der Waals surface area contributed by atoms with Gasteiger partial charge in [0.15, 0.2) is 0 Å². The third kappa shape index (κ3) is 3.51. The van der Waals surface area contributed by atoms with Gasteiger partial charge in [0.25, 0.3) is 0 Å². The van der Waals surface area contributed by atoms with Crippen LogP contribution in [0.2, 0.25) is 0 Å². The van der Waals surface area contributed by atoms with E-state index in [1.165, 1.54) is 11.1 Å². The number of hydrogen-bond acceptors (Lipinski definition) is 2. The predicted octanol–water partition coefficient (Wildman–Crippen LogP) is 1.84. The lowest BCUT2D eigenvalue weighted by Gasteiger charge is -2.05. The molecule has 1 aromatic heterocycles. The van der Waals surface area contributed by atoms with Crippen molar-refractivity contribution in [2.45, 2.75) is 19.9 Å². The Labute approximate surface area is 78.2 Å². The third-order valence-corrected chi connectivity index (χ3v) is 1.94. The lowest BCUT2D eigenvalue weighted by atomic mass is 10.1. The Morgan fingerprint density at radius 3 is 3.08 bits per heavy atom. The quantitative estimate of drug-likeness (QED) is 0.703. The van der Waals surface area contributed by atoms with Gasteiger partial charge in [0.2, 0.25) is 0 Å². The van der Waals surface area contributed by atoms with Crippen molar-refractivity contribution in [2.24, 2.45) is 0 Å². The first kappa shape index (κ1) is 10.1. The highest BCUT2D eigenvalue weighted by molar-refractivity contribution is 5.20. The average molecular weight is 182 g/mol. The van der Waals surface area contributed by atoms with Gasteiger partial charge in [0.05, 0.1) is 6.67 Å². The highest BCUT2D eigenvalue weighted by atomic mass is 19.1. The van der Waals surface area contributed by atoms with Gasteiger partial charge in [0, 0.05) is 18.9 Å². The molecule has 1 N–H and O–H groups in total. The summed E-state index contributed by atoms with van der Waals surface area (Å²) in [6, 6.07) is 1.98. The molecule has 0 bridgehead atoms. The summed E-state index contributed by atoms with van der Waals surface area (Å²) < 4.78 is 11.7. The van der Waals surface area contributed by atoms with Gasteiger partial charge in [-0.2, -0.15) is 0 Å². The molecule has 0 saturated carbocycles. The van der Waals surface area contributed by atoms with Gasteiger partial charge >= 0.3 is 0 Å². The topological polar surface area (TPSA) is 24.9 Å². The van der Waals surface area contributed by atoms with Gasteiger partial charge in [0.1, 0.15) is 0 Å². The minimum atomic E-state index is -0.248. The van der Waals surface area contributed by atoms with E-state index in [0.29, 0.717) is 6.42 Å². The Morgan fingerprint density at radius 2 is 2.38 bits per heavy atom. The third-order valence-electron chi connectivity index (χ3n) is 1.94. The fraction of sp³-hybridized carbons (Fsp3) is 0.500. The second-order valence-electron chi connectivity index (χ2n) is 3.02. The van der Waals surface area contributed by atoms with E-state index in [1.807, 2.05) is 19.2 Å². The average Bonchev–Trinajstić information content (AvgIpc) is 2.15. The first-order valence-electron chi connectivity index (χ1n) is 4.51. The van der Waals surface area contributed by atoms with E-state index in [1.54, 1.807) is 6.20 Å². The van der Waals surface area contributed by atoms with Crippen LogP contribution >= 0.6 is 0 Å². The van der Waals surface area contributed by atoms with Gasteiger partial charge in [-0.25, -0.2) is 0 Å². The van der Waals surface area contributed by atoms with Crippen molar-refractivity contribution >= 4 is 0 Å². The summed E-state index contributed by atoms with van der Waals surface area (Å²) in [5, 5.41) is 3.18. The Hall–Kier alpha value is -0.960. The monoisotopic (exact) mass is 182 g/mol. The van der Waals surface area contributed by atoms with Crippen molar-refractivity contribution in [3.8, 4) is 0 Å². The fourth-order valence-corrected chi connectivity index (χ4v) is 1.12. The normalized spacial score (nSPS) is 10.3. The fourth-order valence-electron chi connectivity index (χ4n) is 1.12. The van der Waals surface area contributed by atoms with Crippen molar-refractivity contribution < 1.29 is 4.39 Å². The number of alkyl halides is 1. The van der Waals surface area contributed by atoms with E-state index in [4.69, 9.17) is 0 Å². The molecule has 0 radical (unpaired) electrons. The Kier molecular flexibility index (Phi) is 4.40. The minimum Gasteiger partial charge on any atom is -0.313 e. The number of nitrogens with zero attached hydrogens (tertiary/aromatic N) is 1. The molecule has 0 aromatic carbocycles. The van der Waals surface area contributed by atoms with Gasteiger partial charge in [-0.05, 0) is 37.1 Å². The molecule has 0 aliphatic carbocycles. The zero-order chi connectivity index (χ0) is 9.52. The summed E-state index contributed by atoms with van der Waals surface area (Å²) in [7, 11) is 0. The predicted molar refractivity (Wildman–Crippen MR) is 51.3 cm³/mol. The first-order chi connectivity index (χ1) is 6.34. The summed E-state index contributed by atoms with van der Waals surface area (Å²) in [6.07, 6.45) is 4.20. The SMILES string of the molecule is Cc1cnccc1CNCCCF. The molecule has 0 fully saturated rings. The maximum absolute atomic E-state index is 11.7. The van der Waals surface area contributed by atoms with Crippen LogP contribution in [0.5, 0.6) is 0 Å². The van der Waals surface area contributed by atoms with Crippen molar-refractivity contribution in [1.82, 2.24) is 10.3 Å². The van der Waals surface area contributed by atoms with E-state index in [2.05, 4.69) is 10.3 Å². The zero-order valence-electron chi connectivity index (χ0n) is 7.89. The van der Waals surface area contributed by atoms with Crippen molar-refractivity contribution in [3.05, 3.63) is 29.6 Å². The van der Waals surface area contributed by atoms with E-state index in [9.17, 15) is 4.39 Å². The van der Waals surface area contributed by atoms with Crippen molar-refractivity contribution in [3.63, 3.8) is 0 Å². The lowest BCUT2D eigenvalue weighted by Crippen LogP contribution is -2.15. The van der Waals surface area contributed by atoms with Crippen LogP contribution in [0.25, 0.3) is 0 Å². The molecule has 0 aliphatic rings. The van der Waals surface area contributed by atoms with Crippen LogP contribution in [-0.4, -0.2) is 18.2 Å². The number of nitrogens with one attached hydrogen (secondary N) is 1. The number of rotatable bonds is 5. The Balaban J connectivity index is 2.32. The molecule has 1 aromatic rings. The molecule has 0 saturated heterocycles. The summed E-state index contributed by atoms with van der Waals surface area (Å²) in [5.41, 5.74) is 2.41. The smallest absolute Gasteiger partial charge is 0.0906 e. The summed E-state index contributed by atoms with van der Waals surface area (Å²) >= 11 is 0. The molecule has 0 atom stereocenters. The second kappa shape index (κ2) is 5.65. The van der Waals surface area contributed by atoms with Crippen LogP contribution in [0.15, 0.2) is 18.5 Å². The Bertz CT molecular complexity index is 250. The first-order valence-corrected chi connectivity index (χ1v) is 4.51. The summed E-state index contributed by atoms with van der Waals surface area (Å²) in [6.45, 7) is 3.31. The molecule has 2 nitrogen and oxygen atoms in total. The van der Waals surface area contributed by atoms with E-state index >= 15 is 0 Å². The van der Waals surface area contributed by atoms with Crippen molar-refractivity contribution in [1.29, 1.82) is 0 Å². The second-order valence-corrected chi connectivity index (χ2v) is 3.02. The molecule has 1 rings (SSSR count). The van der Waals surface area contributed by atoms with Crippen molar-refractivity contribution in [2.75, 3.05) is 13.2 Å². The van der Waals surface area contributed by atoms with Crippen LogP contribution in [0, 0.1) is 6.92 Å². The molecule has 0 aliphatic heterocycles. The van der Waals surface area contributed by atoms with Crippen LogP contribution in [-0.2, 0) is 6.54 Å². The Morgan fingerprint density at radius 1 is 1.54 bits per heavy atom. The van der Waals surface area contributed by atoms with E-state index < -0.39 is 0 Å². The van der Waals surface area contributed by atoms with Gasteiger partial charge in [-0.3, -0.25) is 9.37 Å². The molecule has 0 unspecified atom stereocenters. The number of hydrogen-bond donors (Lipinski definition) is 1. The highest BCUT2D eigenvalue weighted by Crippen LogP contribution is 2.03. The summed E-state index contributed by atoms with van der Waals surface area (Å²) in [4.78, 5) is 4.00. The van der Waals surface area contributed by atoms with Crippen LogP contribution in [0.3, 0.4) is 0 Å². The molecule has 0 amide bonds. The summed E-state index contributed by atoms with van der Waals surface area (Å²) in [5.74, 6) is 0. The van der Waals surface area contributed by atoms with E-state index in [0.717, 1.165) is 13.1 Å². The largest absolute Gasteiger partial charge is 0.313 e. The number of pyridine rings is 1. The maximum Gasteiger partial charge on any atom is 0.0906 e. The minimum absolute atomic E-state index is 0.248.